The molecule has 2 rings (SSSR count). The lowest BCUT2D eigenvalue weighted by molar-refractivity contribution is 0.206. The number of aliphatic imine (C=N–C) groups is 1. The number of benzene rings is 1. The Morgan fingerprint density at radius 2 is 2.28 bits per heavy atom. The van der Waals surface area contributed by atoms with Crippen molar-refractivity contribution in [3.8, 4) is 0 Å². The summed E-state index contributed by atoms with van der Waals surface area (Å²) >= 11 is 5.74. The van der Waals surface area contributed by atoms with Crippen LogP contribution in [0.1, 0.15) is 24.9 Å². The van der Waals surface area contributed by atoms with Crippen molar-refractivity contribution in [2.45, 2.75) is 19.4 Å². The Morgan fingerprint density at radius 3 is 2.94 bits per heavy atom. The van der Waals surface area contributed by atoms with E-state index in [-0.39, 0.29) is 16.4 Å². The van der Waals surface area contributed by atoms with Crippen LogP contribution in [0.5, 0.6) is 0 Å². The lowest BCUT2D eigenvalue weighted by Gasteiger charge is -2.24. The minimum atomic E-state index is -0.656. The van der Waals surface area contributed by atoms with Gasteiger partial charge in [-0.05, 0) is 12.5 Å². The van der Waals surface area contributed by atoms with Crippen LogP contribution in [0.15, 0.2) is 23.2 Å². The lowest BCUT2D eigenvalue weighted by Crippen LogP contribution is -2.34. The Kier molecular flexibility index (Phi) is 3.52. The molecule has 6 heteroatoms. The fourth-order valence-electron chi connectivity index (χ4n) is 2.03. The molecule has 1 atom stereocenters. The minimum absolute atomic E-state index is 0.0103. The fraction of sp³-hybridized carbons (Fsp3) is 0.333. The van der Waals surface area contributed by atoms with Crippen LogP contribution >= 0.6 is 11.6 Å². The molecule has 1 aromatic rings. The molecule has 96 valence electrons. The maximum absolute atomic E-state index is 14.0. The highest BCUT2D eigenvalue weighted by atomic mass is 35.5. The Bertz CT molecular complexity index is 518. The van der Waals surface area contributed by atoms with E-state index < -0.39 is 17.9 Å². The normalized spacial score (nSPS) is 19.3. The largest absolute Gasteiger partial charge is 0.385 e. The molecular formula is C12H13ClFN3O. The van der Waals surface area contributed by atoms with Crippen LogP contribution in [0.25, 0.3) is 0 Å². The van der Waals surface area contributed by atoms with E-state index in [1.54, 1.807) is 12.1 Å². The zero-order valence-corrected chi connectivity index (χ0v) is 10.6. The van der Waals surface area contributed by atoms with Gasteiger partial charge in [0.05, 0.1) is 5.02 Å². The molecule has 0 saturated carbocycles. The molecule has 4 nitrogen and oxygen atoms in total. The molecule has 0 fully saturated rings. The van der Waals surface area contributed by atoms with Gasteiger partial charge in [0.2, 0.25) is 0 Å². The van der Waals surface area contributed by atoms with Crippen molar-refractivity contribution in [3.05, 3.63) is 34.6 Å². The summed E-state index contributed by atoms with van der Waals surface area (Å²) in [6.45, 7) is 2.40. The van der Waals surface area contributed by atoms with Gasteiger partial charge in [-0.3, -0.25) is 0 Å². The van der Waals surface area contributed by atoms with Crippen molar-refractivity contribution in [1.82, 2.24) is 4.90 Å². The van der Waals surface area contributed by atoms with E-state index in [2.05, 4.69) is 4.99 Å². The van der Waals surface area contributed by atoms with E-state index in [9.17, 15) is 9.18 Å². The van der Waals surface area contributed by atoms with E-state index in [0.29, 0.717) is 6.54 Å². The van der Waals surface area contributed by atoms with Crippen LogP contribution in [0.2, 0.25) is 5.02 Å². The Morgan fingerprint density at radius 1 is 1.56 bits per heavy atom. The third-order valence-electron chi connectivity index (χ3n) is 2.80. The highest BCUT2D eigenvalue weighted by molar-refractivity contribution is 6.30. The quantitative estimate of drug-likeness (QED) is 0.917. The molecule has 18 heavy (non-hydrogen) atoms. The standard InChI is InChI=1S/C12H13ClFN3O/c1-2-6-17-10(11(15)16-12(17)18)7-4-3-5-8(13)9(7)14/h3-5,10H,2,6H2,1H3,(H2,15,16,18). The summed E-state index contributed by atoms with van der Waals surface area (Å²) in [5.41, 5.74) is 6.00. The van der Waals surface area contributed by atoms with Crippen LogP contribution in [0, 0.1) is 5.82 Å². The van der Waals surface area contributed by atoms with Gasteiger partial charge >= 0.3 is 6.03 Å². The molecule has 0 bridgehead atoms. The highest BCUT2D eigenvalue weighted by Gasteiger charge is 2.35. The summed E-state index contributed by atoms with van der Waals surface area (Å²) in [5, 5.41) is 0.0103. The smallest absolute Gasteiger partial charge is 0.346 e. The summed E-state index contributed by atoms with van der Waals surface area (Å²) in [7, 11) is 0. The highest BCUT2D eigenvalue weighted by Crippen LogP contribution is 2.31. The molecule has 1 aliphatic heterocycles. The summed E-state index contributed by atoms with van der Waals surface area (Å²) in [4.78, 5) is 16.8. The summed E-state index contributed by atoms with van der Waals surface area (Å²) < 4.78 is 14.0. The van der Waals surface area contributed by atoms with Crippen LogP contribution in [0.4, 0.5) is 9.18 Å². The van der Waals surface area contributed by atoms with Crippen molar-refractivity contribution >= 4 is 23.5 Å². The molecule has 0 aromatic heterocycles. The SMILES string of the molecule is CCCN1C(=O)N=C(N)C1c1cccc(Cl)c1F. The number of amidine groups is 1. The van der Waals surface area contributed by atoms with Crippen molar-refractivity contribution in [3.63, 3.8) is 0 Å². The number of nitrogens with two attached hydrogens (primary N) is 1. The summed E-state index contributed by atoms with van der Waals surface area (Å²) in [6.07, 6.45) is 0.743. The zero-order chi connectivity index (χ0) is 13.3. The molecule has 0 saturated heterocycles. The van der Waals surface area contributed by atoms with Crippen LogP contribution in [-0.4, -0.2) is 23.3 Å². The first-order valence-corrected chi connectivity index (χ1v) is 6.02. The first kappa shape index (κ1) is 12.8. The second kappa shape index (κ2) is 4.94. The van der Waals surface area contributed by atoms with Gasteiger partial charge in [-0.15, -0.1) is 0 Å². The van der Waals surface area contributed by atoms with Gasteiger partial charge in [-0.25, -0.2) is 9.18 Å². The van der Waals surface area contributed by atoms with Gasteiger partial charge in [0.25, 0.3) is 0 Å². The van der Waals surface area contributed by atoms with Gasteiger partial charge in [0.15, 0.2) is 0 Å². The molecule has 2 amide bonds. The second-order valence-electron chi connectivity index (χ2n) is 4.06. The van der Waals surface area contributed by atoms with Crippen molar-refractivity contribution in [2.24, 2.45) is 10.7 Å². The number of halogens is 2. The summed E-state index contributed by atoms with van der Waals surface area (Å²) in [5.74, 6) is -0.451. The first-order valence-electron chi connectivity index (χ1n) is 5.64. The number of hydrogen-bond acceptors (Lipinski definition) is 2. The predicted octanol–water partition coefficient (Wildman–Crippen LogP) is 2.72. The molecule has 1 unspecified atom stereocenters. The van der Waals surface area contributed by atoms with Crippen LogP contribution < -0.4 is 5.73 Å². The van der Waals surface area contributed by atoms with Gasteiger partial charge in [-0.2, -0.15) is 4.99 Å². The van der Waals surface area contributed by atoms with E-state index >= 15 is 0 Å². The van der Waals surface area contributed by atoms with Crippen molar-refractivity contribution in [1.29, 1.82) is 0 Å². The third-order valence-corrected chi connectivity index (χ3v) is 3.09. The molecule has 0 aliphatic carbocycles. The number of carbonyl (C=O) groups excluding carboxylic acids is 1. The van der Waals surface area contributed by atoms with Crippen LogP contribution in [0.3, 0.4) is 0 Å². The number of carbonyl (C=O) groups is 1. The molecule has 0 radical (unpaired) electrons. The first-order chi connectivity index (χ1) is 8.56. The molecule has 0 spiro atoms. The Hall–Kier alpha value is -1.62. The maximum atomic E-state index is 14.0. The molecule has 1 aromatic carbocycles. The van der Waals surface area contributed by atoms with E-state index in [1.807, 2.05) is 6.92 Å². The summed E-state index contributed by atoms with van der Waals surface area (Å²) in [6, 6.07) is 3.56. The number of rotatable bonds is 3. The predicted molar refractivity (Wildman–Crippen MR) is 68.2 cm³/mol. The number of hydrogen-bond donors (Lipinski definition) is 1. The Labute approximate surface area is 109 Å². The fourth-order valence-corrected chi connectivity index (χ4v) is 2.21. The van der Waals surface area contributed by atoms with Gasteiger partial charge in [-0.1, -0.05) is 30.7 Å². The second-order valence-corrected chi connectivity index (χ2v) is 4.47. The Balaban J connectivity index is 2.44. The number of urea groups is 1. The average Bonchev–Trinajstić information content (AvgIpc) is 2.59. The third kappa shape index (κ3) is 2.06. The van der Waals surface area contributed by atoms with E-state index in [4.69, 9.17) is 17.3 Å². The molecule has 2 N–H and O–H groups in total. The monoisotopic (exact) mass is 269 g/mol. The number of nitrogens with zero attached hydrogens (tertiary/aromatic N) is 2. The topological polar surface area (TPSA) is 58.7 Å². The lowest BCUT2D eigenvalue weighted by atomic mass is 10.0. The van der Waals surface area contributed by atoms with E-state index in [0.717, 1.165) is 6.42 Å². The van der Waals surface area contributed by atoms with Gasteiger partial charge < -0.3 is 10.6 Å². The molecule has 1 aliphatic rings. The maximum Gasteiger partial charge on any atom is 0.346 e. The van der Waals surface area contributed by atoms with E-state index in [1.165, 1.54) is 11.0 Å². The minimum Gasteiger partial charge on any atom is -0.385 e. The van der Waals surface area contributed by atoms with Crippen LogP contribution in [-0.2, 0) is 0 Å². The van der Waals surface area contributed by atoms with Crippen molar-refractivity contribution in [2.75, 3.05) is 6.54 Å². The average molecular weight is 270 g/mol. The van der Waals surface area contributed by atoms with Crippen molar-refractivity contribution < 1.29 is 9.18 Å². The molecular weight excluding hydrogens is 257 g/mol. The van der Waals surface area contributed by atoms with Gasteiger partial charge in [0.1, 0.15) is 17.7 Å². The number of amides is 2. The zero-order valence-electron chi connectivity index (χ0n) is 9.86. The van der Waals surface area contributed by atoms with Gasteiger partial charge in [0, 0.05) is 12.1 Å². The molecule has 1 heterocycles.